The maximum Gasteiger partial charge on any atom is 0.310 e. The van der Waals surface area contributed by atoms with E-state index in [0.717, 1.165) is 27.7 Å². The molecule has 1 heterocycles. The van der Waals surface area contributed by atoms with Crippen LogP contribution in [0.5, 0.6) is 0 Å². The molecule has 0 aliphatic carbocycles. The SMILES string of the molecule is CCOC(=O)Cc1ccc2nc(-c3ccccc3)ccc2c1. The van der Waals surface area contributed by atoms with Crippen LogP contribution in [-0.2, 0) is 16.0 Å². The van der Waals surface area contributed by atoms with Gasteiger partial charge in [-0.25, -0.2) is 4.98 Å². The first kappa shape index (κ1) is 14.3. The monoisotopic (exact) mass is 291 g/mol. The first-order valence-electron chi connectivity index (χ1n) is 7.37. The summed E-state index contributed by atoms with van der Waals surface area (Å²) in [5.74, 6) is -0.198. The Bertz CT molecular complexity index is 797. The number of hydrogen-bond acceptors (Lipinski definition) is 3. The molecule has 0 saturated heterocycles. The number of ether oxygens (including phenoxy) is 1. The van der Waals surface area contributed by atoms with Crippen molar-refractivity contribution in [3.63, 3.8) is 0 Å². The number of rotatable bonds is 4. The zero-order valence-electron chi connectivity index (χ0n) is 12.5. The van der Waals surface area contributed by atoms with E-state index in [2.05, 4.69) is 4.98 Å². The molecule has 0 amide bonds. The first-order chi connectivity index (χ1) is 10.8. The molecule has 1 aromatic heterocycles. The van der Waals surface area contributed by atoms with Gasteiger partial charge in [0, 0.05) is 10.9 Å². The molecule has 0 aliphatic rings. The minimum absolute atomic E-state index is 0.198. The zero-order chi connectivity index (χ0) is 15.4. The molecule has 0 N–H and O–H groups in total. The molecular weight excluding hydrogens is 274 g/mol. The van der Waals surface area contributed by atoms with E-state index in [1.54, 1.807) is 0 Å². The molecule has 110 valence electrons. The largest absolute Gasteiger partial charge is 0.466 e. The van der Waals surface area contributed by atoms with Gasteiger partial charge in [-0.2, -0.15) is 0 Å². The molecule has 22 heavy (non-hydrogen) atoms. The van der Waals surface area contributed by atoms with Crippen molar-refractivity contribution in [3.05, 3.63) is 66.2 Å². The summed E-state index contributed by atoms with van der Waals surface area (Å²) in [4.78, 5) is 16.2. The van der Waals surface area contributed by atoms with Crippen molar-refractivity contribution in [2.45, 2.75) is 13.3 Å². The van der Waals surface area contributed by atoms with Gasteiger partial charge in [-0.3, -0.25) is 4.79 Å². The van der Waals surface area contributed by atoms with Crippen LogP contribution in [0.4, 0.5) is 0 Å². The van der Waals surface area contributed by atoms with Crippen molar-refractivity contribution in [2.75, 3.05) is 6.61 Å². The van der Waals surface area contributed by atoms with E-state index in [1.165, 1.54) is 0 Å². The molecule has 3 nitrogen and oxygen atoms in total. The fourth-order valence-electron chi connectivity index (χ4n) is 2.43. The molecule has 0 unspecified atom stereocenters. The van der Waals surface area contributed by atoms with Crippen LogP contribution in [0.1, 0.15) is 12.5 Å². The highest BCUT2D eigenvalue weighted by Gasteiger charge is 2.06. The Morgan fingerprint density at radius 3 is 2.64 bits per heavy atom. The van der Waals surface area contributed by atoms with Gasteiger partial charge in [-0.1, -0.05) is 42.5 Å². The fourth-order valence-corrected chi connectivity index (χ4v) is 2.43. The van der Waals surface area contributed by atoms with Gasteiger partial charge in [0.25, 0.3) is 0 Å². The van der Waals surface area contributed by atoms with E-state index in [1.807, 2.05) is 67.6 Å². The molecule has 3 rings (SSSR count). The standard InChI is InChI=1S/C19H17NO2/c1-2-22-19(21)13-14-8-10-18-16(12-14)9-11-17(20-18)15-6-4-3-5-7-15/h3-12H,2,13H2,1H3. The number of pyridine rings is 1. The molecule has 0 aliphatic heterocycles. The Kier molecular flexibility index (Phi) is 4.15. The van der Waals surface area contributed by atoms with E-state index in [-0.39, 0.29) is 5.97 Å². The van der Waals surface area contributed by atoms with Crippen molar-refractivity contribution >= 4 is 16.9 Å². The van der Waals surface area contributed by atoms with E-state index >= 15 is 0 Å². The fraction of sp³-hybridized carbons (Fsp3) is 0.158. The summed E-state index contributed by atoms with van der Waals surface area (Å²) in [7, 11) is 0. The Morgan fingerprint density at radius 2 is 1.86 bits per heavy atom. The number of aromatic nitrogens is 1. The molecule has 3 aromatic rings. The van der Waals surface area contributed by atoms with Crippen LogP contribution >= 0.6 is 0 Å². The van der Waals surface area contributed by atoms with E-state index in [9.17, 15) is 4.79 Å². The van der Waals surface area contributed by atoms with Gasteiger partial charge >= 0.3 is 5.97 Å². The van der Waals surface area contributed by atoms with Gasteiger partial charge in [0.1, 0.15) is 0 Å². The van der Waals surface area contributed by atoms with Crippen molar-refractivity contribution in [1.29, 1.82) is 0 Å². The summed E-state index contributed by atoms with van der Waals surface area (Å²) in [6.45, 7) is 2.22. The summed E-state index contributed by atoms with van der Waals surface area (Å²) in [6.07, 6.45) is 0.296. The van der Waals surface area contributed by atoms with Crippen molar-refractivity contribution in [3.8, 4) is 11.3 Å². The van der Waals surface area contributed by atoms with E-state index in [4.69, 9.17) is 4.74 Å². The van der Waals surface area contributed by atoms with Gasteiger partial charge in [0.05, 0.1) is 24.2 Å². The number of fused-ring (bicyclic) bond motifs is 1. The minimum atomic E-state index is -0.198. The topological polar surface area (TPSA) is 39.2 Å². The lowest BCUT2D eigenvalue weighted by molar-refractivity contribution is -0.142. The lowest BCUT2D eigenvalue weighted by atomic mass is 10.1. The molecule has 0 bridgehead atoms. The normalized spacial score (nSPS) is 10.6. The highest BCUT2D eigenvalue weighted by molar-refractivity contribution is 5.83. The third kappa shape index (κ3) is 3.14. The van der Waals surface area contributed by atoms with Crippen molar-refractivity contribution in [1.82, 2.24) is 4.98 Å². The van der Waals surface area contributed by atoms with Crippen LogP contribution in [0.3, 0.4) is 0 Å². The van der Waals surface area contributed by atoms with Crippen LogP contribution in [0.2, 0.25) is 0 Å². The molecule has 2 aromatic carbocycles. The maximum absolute atomic E-state index is 11.5. The summed E-state index contributed by atoms with van der Waals surface area (Å²) in [5, 5.41) is 1.03. The predicted molar refractivity (Wildman–Crippen MR) is 87.5 cm³/mol. The van der Waals surface area contributed by atoms with Crippen LogP contribution in [-0.4, -0.2) is 17.6 Å². The molecular formula is C19H17NO2. The van der Waals surface area contributed by atoms with E-state index in [0.29, 0.717) is 13.0 Å². The Morgan fingerprint density at radius 1 is 1.05 bits per heavy atom. The number of carbonyl (C=O) groups is 1. The second-order valence-corrected chi connectivity index (χ2v) is 5.07. The first-order valence-corrected chi connectivity index (χ1v) is 7.37. The predicted octanol–water partition coefficient (Wildman–Crippen LogP) is 4.01. The quantitative estimate of drug-likeness (QED) is 0.682. The number of carbonyl (C=O) groups excluding carboxylic acids is 1. The maximum atomic E-state index is 11.5. The van der Waals surface area contributed by atoms with Crippen LogP contribution in [0, 0.1) is 0 Å². The number of esters is 1. The zero-order valence-corrected chi connectivity index (χ0v) is 12.5. The summed E-state index contributed by atoms with van der Waals surface area (Å²) in [6, 6.07) is 20.0. The molecule has 0 spiro atoms. The van der Waals surface area contributed by atoms with Gasteiger partial charge in [-0.15, -0.1) is 0 Å². The van der Waals surface area contributed by atoms with Crippen LogP contribution in [0.25, 0.3) is 22.2 Å². The third-order valence-corrected chi connectivity index (χ3v) is 3.48. The average molecular weight is 291 g/mol. The molecule has 3 heteroatoms. The smallest absolute Gasteiger partial charge is 0.310 e. The van der Waals surface area contributed by atoms with Crippen LogP contribution in [0.15, 0.2) is 60.7 Å². The molecule has 0 fully saturated rings. The van der Waals surface area contributed by atoms with Crippen molar-refractivity contribution < 1.29 is 9.53 Å². The second kappa shape index (κ2) is 6.39. The van der Waals surface area contributed by atoms with E-state index < -0.39 is 0 Å². The highest BCUT2D eigenvalue weighted by Crippen LogP contribution is 2.21. The summed E-state index contributed by atoms with van der Waals surface area (Å²) in [5.41, 5.74) is 3.92. The number of hydrogen-bond donors (Lipinski definition) is 0. The van der Waals surface area contributed by atoms with Crippen LogP contribution < -0.4 is 0 Å². The molecule has 0 saturated carbocycles. The lowest BCUT2D eigenvalue weighted by Gasteiger charge is -2.06. The van der Waals surface area contributed by atoms with Gasteiger partial charge in [0.2, 0.25) is 0 Å². The third-order valence-electron chi connectivity index (χ3n) is 3.48. The van der Waals surface area contributed by atoms with Gasteiger partial charge in [-0.05, 0) is 30.7 Å². The second-order valence-electron chi connectivity index (χ2n) is 5.07. The average Bonchev–Trinajstić information content (AvgIpc) is 2.55. The van der Waals surface area contributed by atoms with Gasteiger partial charge in [0.15, 0.2) is 0 Å². The number of nitrogens with zero attached hydrogens (tertiary/aromatic N) is 1. The van der Waals surface area contributed by atoms with Gasteiger partial charge < -0.3 is 4.74 Å². The Labute approximate surface area is 129 Å². The highest BCUT2D eigenvalue weighted by atomic mass is 16.5. The minimum Gasteiger partial charge on any atom is -0.466 e. The summed E-state index contributed by atoms with van der Waals surface area (Å²) >= 11 is 0. The Balaban J connectivity index is 1.90. The molecule has 0 radical (unpaired) electrons. The lowest BCUT2D eigenvalue weighted by Crippen LogP contribution is -2.07. The molecule has 0 atom stereocenters. The summed E-state index contributed by atoms with van der Waals surface area (Å²) < 4.78 is 4.98. The number of benzene rings is 2. The Hall–Kier alpha value is -2.68. The van der Waals surface area contributed by atoms with Crippen molar-refractivity contribution in [2.24, 2.45) is 0 Å².